The van der Waals surface area contributed by atoms with Crippen molar-refractivity contribution < 1.29 is 9.84 Å². The zero-order chi connectivity index (χ0) is 13.7. The van der Waals surface area contributed by atoms with E-state index in [9.17, 15) is 5.11 Å². The summed E-state index contributed by atoms with van der Waals surface area (Å²) in [5.41, 5.74) is 4.29. The van der Waals surface area contributed by atoms with Crippen molar-refractivity contribution in [3.8, 4) is 5.75 Å². The third-order valence-electron chi connectivity index (χ3n) is 5.23. The highest BCUT2D eigenvalue weighted by molar-refractivity contribution is 5.43. The number of phenols is 1. The topological polar surface area (TPSA) is 32.7 Å². The van der Waals surface area contributed by atoms with Gasteiger partial charge in [-0.2, -0.15) is 0 Å². The summed E-state index contributed by atoms with van der Waals surface area (Å²) in [7, 11) is 1.80. The summed E-state index contributed by atoms with van der Waals surface area (Å²) in [5.74, 6) is 0.854. The van der Waals surface area contributed by atoms with Crippen LogP contribution < -0.4 is 0 Å². The second-order valence-corrected chi connectivity index (χ2v) is 6.22. The highest BCUT2D eigenvalue weighted by Crippen LogP contribution is 2.45. The van der Waals surface area contributed by atoms with E-state index in [4.69, 9.17) is 4.74 Å². The summed E-state index contributed by atoms with van der Waals surface area (Å²) in [4.78, 5) is 2.62. The molecule has 3 atom stereocenters. The molecule has 3 aliphatic rings. The molecule has 20 heavy (non-hydrogen) atoms. The molecule has 3 heteroatoms. The van der Waals surface area contributed by atoms with Gasteiger partial charge in [-0.25, -0.2) is 0 Å². The number of fused-ring (bicyclic) bond motifs is 2. The summed E-state index contributed by atoms with van der Waals surface area (Å²) < 4.78 is 5.62. The summed E-state index contributed by atoms with van der Waals surface area (Å²) in [6.45, 7) is 2.30. The first-order valence-corrected chi connectivity index (χ1v) is 7.55. The van der Waals surface area contributed by atoms with Gasteiger partial charge < -0.3 is 9.84 Å². The van der Waals surface area contributed by atoms with Crippen LogP contribution in [0.4, 0.5) is 0 Å². The third kappa shape index (κ3) is 1.80. The van der Waals surface area contributed by atoms with Crippen LogP contribution in [-0.4, -0.2) is 42.4 Å². The van der Waals surface area contributed by atoms with Gasteiger partial charge in [-0.15, -0.1) is 0 Å². The molecular formula is C17H21NO2. The maximum atomic E-state index is 9.88. The van der Waals surface area contributed by atoms with Crippen molar-refractivity contribution in [3.63, 3.8) is 0 Å². The molecule has 2 heterocycles. The van der Waals surface area contributed by atoms with Gasteiger partial charge in [-0.3, -0.25) is 4.90 Å². The van der Waals surface area contributed by atoms with E-state index in [-0.39, 0.29) is 6.10 Å². The molecule has 3 nitrogen and oxygen atoms in total. The minimum Gasteiger partial charge on any atom is -0.508 e. The number of aromatic hydroxyl groups is 1. The van der Waals surface area contributed by atoms with Crippen LogP contribution in [0.25, 0.3) is 0 Å². The Morgan fingerprint density at radius 1 is 1.25 bits per heavy atom. The number of benzene rings is 1. The lowest BCUT2D eigenvalue weighted by atomic mass is 9.77. The molecule has 0 saturated carbocycles. The number of hydrogen-bond donors (Lipinski definition) is 1. The van der Waals surface area contributed by atoms with Gasteiger partial charge in [0.1, 0.15) is 5.75 Å². The second-order valence-electron chi connectivity index (χ2n) is 6.22. The minimum atomic E-state index is 0.222. The summed E-state index contributed by atoms with van der Waals surface area (Å²) in [6, 6.07) is 6.44. The van der Waals surface area contributed by atoms with E-state index in [2.05, 4.69) is 17.0 Å². The average molecular weight is 271 g/mol. The molecule has 0 spiro atoms. The Hall–Kier alpha value is -1.32. The van der Waals surface area contributed by atoms with Gasteiger partial charge in [0, 0.05) is 32.2 Å². The molecule has 2 aliphatic heterocycles. The Balaban J connectivity index is 1.83. The maximum absolute atomic E-state index is 9.88. The Kier molecular flexibility index (Phi) is 2.86. The van der Waals surface area contributed by atoms with E-state index < -0.39 is 0 Å². The molecule has 0 aromatic heterocycles. The van der Waals surface area contributed by atoms with Gasteiger partial charge in [0.2, 0.25) is 0 Å². The van der Waals surface area contributed by atoms with Gasteiger partial charge in [-0.05, 0) is 42.5 Å². The average Bonchev–Trinajstić information content (AvgIpc) is 2.80. The fourth-order valence-electron chi connectivity index (χ4n) is 4.31. The molecule has 0 radical (unpaired) electrons. The lowest BCUT2D eigenvalue weighted by Gasteiger charge is -2.36. The monoisotopic (exact) mass is 271 g/mol. The van der Waals surface area contributed by atoms with Crippen molar-refractivity contribution in [3.05, 3.63) is 41.0 Å². The first kappa shape index (κ1) is 12.4. The van der Waals surface area contributed by atoms with Crippen molar-refractivity contribution in [2.24, 2.45) is 0 Å². The number of rotatable bonds is 1. The van der Waals surface area contributed by atoms with E-state index in [0.29, 0.717) is 17.7 Å². The molecular weight excluding hydrogens is 250 g/mol. The number of hydrogen-bond acceptors (Lipinski definition) is 3. The number of nitrogens with zero attached hydrogens (tertiary/aromatic N) is 1. The highest BCUT2D eigenvalue weighted by Gasteiger charge is 2.42. The Morgan fingerprint density at radius 3 is 2.95 bits per heavy atom. The largest absolute Gasteiger partial charge is 0.508 e. The Labute approximate surface area is 119 Å². The van der Waals surface area contributed by atoms with E-state index in [1.807, 2.05) is 12.1 Å². The van der Waals surface area contributed by atoms with Crippen molar-refractivity contribution in [1.82, 2.24) is 4.90 Å². The SMILES string of the molecule is COC1C=C2CCN3CCc4ccc(O)cc4C(C1)C23. The van der Waals surface area contributed by atoms with Crippen molar-refractivity contribution in [2.75, 3.05) is 20.2 Å². The lowest BCUT2D eigenvalue weighted by Crippen LogP contribution is -2.38. The normalized spacial score (nSPS) is 32.2. The van der Waals surface area contributed by atoms with Crippen LogP contribution in [0.1, 0.15) is 29.9 Å². The predicted molar refractivity (Wildman–Crippen MR) is 78.0 cm³/mol. The van der Waals surface area contributed by atoms with E-state index >= 15 is 0 Å². The summed E-state index contributed by atoms with van der Waals surface area (Å²) >= 11 is 0. The second kappa shape index (κ2) is 4.61. The molecule has 106 valence electrons. The maximum Gasteiger partial charge on any atom is 0.115 e. The molecule has 1 N–H and O–H groups in total. The van der Waals surface area contributed by atoms with Crippen molar-refractivity contribution in [1.29, 1.82) is 0 Å². The molecule has 1 fully saturated rings. The van der Waals surface area contributed by atoms with Crippen LogP contribution in [0.15, 0.2) is 29.8 Å². The summed E-state index contributed by atoms with van der Waals surface area (Å²) in [5, 5.41) is 9.88. The Bertz CT molecular complexity index is 566. The van der Waals surface area contributed by atoms with Gasteiger partial charge in [0.05, 0.1) is 6.10 Å². The number of methoxy groups -OCH3 is 1. The van der Waals surface area contributed by atoms with Gasteiger partial charge in [0.25, 0.3) is 0 Å². The molecule has 0 amide bonds. The van der Waals surface area contributed by atoms with Gasteiger partial charge in [0.15, 0.2) is 0 Å². The Morgan fingerprint density at radius 2 is 2.10 bits per heavy atom. The lowest BCUT2D eigenvalue weighted by molar-refractivity contribution is 0.106. The van der Waals surface area contributed by atoms with Crippen LogP contribution in [0.5, 0.6) is 5.75 Å². The standard InChI is InChI=1S/C17H21NO2/c1-20-14-8-12-5-7-18-6-4-11-2-3-13(19)9-15(11)16(10-14)17(12)18/h2-3,8-9,14,16-17,19H,4-7,10H2,1H3. The summed E-state index contributed by atoms with van der Waals surface area (Å²) in [6.07, 6.45) is 5.86. The smallest absolute Gasteiger partial charge is 0.115 e. The quantitative estimate of drug-likeness (QED) is 0.796. The van der Waals surface area contributed by atoms with Crippen LogP contribution in [0.2, 0.25) is 0 Å². The zero-order valence-electron chi connectivity index (χ0n) is 11.9. The number of phenolic OH excluding ortho intramolecular Hbond substituents is 1. The molecule has 0 bridgehead atoms. The molecule has 1 saturated heterocycles. The fraction of sp³-hybridized carbons (Fsp3) is 0.529. The van der Waals surface area contributed by atoms with Crippen molar-refractivity contribution >= 4 is 0 Å². The van der Waals surface area contributed by atoms with E-state index in [1.54, 1.807) is 12.7 Å². The number of ether oxygens (including phenoxy) is 1. The fourth-order valence-corrected chi connectivity index (χ4v) is 4.31. The first-order valence-electron chi connectivity index (χ1n) is 7.55. The van der Waals surface area contributed by atoms with Crippen molar-refractivity contribution in [2.45, 2.75) is 37.3 Å². The molecule has 1 aromatic carbocycles. The van der Waals surface area contributed by atoms with Gasteiger partial charge in [-0.1, -0.05) is 17.7 Å². The highest BCUT2D eigenvalue weighted by atomic mass is 16.5. The molecule has 1 aromatic rings. The van der Waals surface area contributed by atoms with Crippen LogP contribution in [0.3, 0.4) is 0 Å². The van der Waals surface area contributed by atoms with Crippen LogP contribution in [0, 0.1) is 0 Å². The van der Waals surface area contributed by atoms with E-state index in [0.717, 1.165) is 19.4 Å². The van der Waals surface area contributed by atoms with Crippen LogP contribution >= 0.6 is 0 Å². The third-order valence-corrected chi connectivity index (χ3v) is 5.23. The van der Waals surface area contributed by atoms with Gasteiger partial charge >= 0.3 is 0 Å². The predicted octanol–water partition coefficient (Wildman–Crippen LogP) is 2.45. The molecule has 4 rings (SSSR count). The van der Waals surface area contributed by atoms with E-state index in [1.165, 1.54) is 24.1 Å². The minimum absolute atomic E-state index is 0.222. The molecule has 1 aliphatic carbocycles. The first-order chi connectivity index (χ1) is 9.76. The van der Waals surface area contributed by atoms with Crippen LogP contribution in [-0.2, 0) is 11.2 Å². The molecule has 3 unspecified atom stereocenters. The zero-order valence-corrected chi connectivity index (χ0v) is 11.9.